The number of amides is 2. The van der Waals surface area contributed by atoms with E-state index < -0.39 is 16.1 Å². The van der Waals surface area contributed by atoms with Crippen LogP contribution in [-0.2, 0) is 26.2 Å². The minimum Gasteiger partial charge on any atom is -0.355 e. The Balaban J connectivity index is 2.24. The summed E-state index contributed by atoms with van der Waals surface area (Å²) in [7, 11) is -3.58. The number of nitrogens with zero attached hydrogens (tertiary/aromatic N) is 2. The number of anilines is 1. The molecule has 0 aromatic heterocycles. The fourth-order valence-electron chi connectivity index (χ4n) is 4.07. The maximum atomic E-state index is 13.4. The van der Waals surface area contributed by atoms with Crippen molar-refractivity contribution in [2.75, 3.05) is 23.7 Å². The number of hydrogen-bond donors (Lipinski definition) is 1. The van der Waals surface area contributed by atoms with Crippen LogP contribution in [0, 0.1) is 13.8 Å². The maximum Gasteiger partial charge on any atom is 0.242 e. The van der Waals surface area contributed by atoms with Crippen LogP contribution in [0.5, 0.6) is 0 Å². The lowest BCUT2D eigenvalue weighted by Gasteiger charge is -2.31. The largest absolute Gasteiger partial charge is 0.355 e. The molecule has 2 aromatic carbocycles. The van der Waals surface area contributed by atoms with E-state index in [-0.39, 0.29) is 24.8 Å². The van der Waals surface area contributed by atoms with E-state index in [2.05, 4.69) is 5.32 Å². The zero-order chi connectivity index (χ0) is 26.2. The summed E-state index contributed by atoms with van der Waals surface area (Å²) in [5.74, 6) is -0.385. The van der Waals surface area contributed by atoms with E-state index in [0.717, 1.165) is 17.4 Å². The third kappa shape index (κ3) is 7.97. The summed E-state index contributed by atoms with van der Waals surface area (Å²) < 4.78 is 26.3. The molecule has 1 atom stereocenters. The third-order valence-corrected chi connectivity index (χ3v) is 7.42. The number of carbonyl (C=O) groups is 2. The van der Waals surface area contributed by atoms with Crippen molar-refractivity contribution in [1.29, 1.82) is 0 Å². The van der Waals surface area contributed by atoms with Crippen LogP contribution in [0.1, 0.15) is 49.8 Å². The molecule has 0 saturated heterocycles. The van der Waals surface area contributed by atoms with Crippen molar-refractivity contribution < 1.29 is 18.0 Å². The Morgan fingerprint density at radius 3 is 2.37 bits per heavy atom. The molecule has 0 fully saturated rings. The van der Waals surface area contributed by atoms with E-state index in [1.807, 2.05) is 45.0 Å². The SMILES string of the molecule is CCNC(=O)C(CC)N(Cc1cccc(C)c1)C(=O)CCCN(c1cccc(Cl)c1C)S(C)(=O)=O. The molecule has 0 spiro atoms. The van der Waals surface area contributed by atoms with Crippen LogP contribution in [0.2, 0.25) is 5.02 Å². The third-order valence-electron chi connectivity index (χ3n) is 5.83. The summed E-state index contributed by atoms with van der Waals surface area (Å²) in [4.78, 5) is 27.7. The van der Waals surface area contributed by atoms with Gasteiger partial charge in [-0.25, -0.2) is 8.42 Å². The summed E-state index contributed by atoms with van der Waals surface area (Å²) >= 11 is 6.21. The number of hydrogen-bond acceptors (Lipinski definition) is 4. The molecule has 2 amide bonds. The molecule has 0 bridgehead atoms. The summed E-state index contributed by atoms with van der Waals surface area (Å²) in [5, 5.41) is 3.30. The van der Waals surface area contributed by atoms with E-state index in [1.165, 1.54) is 4.31 Å². The van der Waals surface area contributed by atoms with Crippen LogP contribution in [0.25, 0.3) is 0 Å². The molecule has 2 rings (SSSR count). The molecule has 0 aliphatic heterocycles. The average Bonchev–Trinajstić information content (AvgIpc) is 2.78. The van der Waals surface area contributed by atoms with Crippen LogP contribution >= 0.6 is 11.6 Å². The number of halogens is 1. The fraction of sp³-hybridized carbons (Fsp3) is 0.462. The van der Waals surface area contributed by atoms with Crippen LogP contribution in [0.15, 0.2) is 42.5 Å². The van der Waals surface area contributed by atoms with Gasteiger partial charge in [0.2, 0.25) is 21.8 Å². The van der Waals surface area contributed by atoms with Gasteiger partial charge in [-0.05, 0) is 56.9 Å². The van der Waals surface area contributed by atoms with Crippen molar-refractivity contribution in [3.8, 4) is 0 Å². The summed E-state index contributed by atoms with van der Waals surface area (Å²) in [5.41, 5.74) is 3.17. The highest BCUT2D eigenvalue weighted by Crippen LogP contribution is 2.28. The predicted octanol–water partition coefficient (Wildman–Crippen LogP) is 4.45. The van der Waals surface area contributed by atoms with Crippen molar-refractivity contribution >= 4 is 39.1 Å². The standard InChI is InChI=1S/C26H36ClN3O4S/c1-6-23(26(32)28-7-2)29(18-21-12-8-11-19(3)17-21)25(31)15-10-16-30(35(5,33)34)24-14-9-13-22(27)20(24)4/h8-9,11-14,17,23H,6-7,10,15-16,18H2,1-5H3,(H,28,32). The topological polar surface area (TPSA) is 86.8 Å². The normalized spacial score (nSPS) is 12.2. The monoisotopic (exact) mass is 521 g/mol. The molecule has 1 unspecified atom stereocenters. The zero-order valence-electron chi connectivity index (χ0n) is 21.2. The second-order valence-corrected chi connectivity index (χ2v) is 11.0. The Bertz CT molecular complexity index is 1140. The van der Waals surface area contributed by atoms with Gasteiger partial charge in [0.1, 0.15) is 6.04 Å². The first kappa shape index (κ1) is 28.7. The van der Waals surface area contributed by atoms with Gasteiger partial charge in [0.25, 0.3) is 0 Å². The van der Waals surface area contributed by atoms with Crippen molar-refractivity contribution in [1.82, 2.24) is 10.2 Å². The Kier molecular flexibility index (Phi) is 10.6. The molecule has 0 radical (unpaired) electrons. The number of nitrogens with one attached hydrogen (secondary N) is 1. The number of carbonyl (C=O) groups excluding carboxylic acids is 2. The van der Waals surface area contributed by atoms with Gasteiger partial charge in [0.15, 0.2) is 0 Å². The van der Waals surface area contributed by atoms with Crippen molar-refractivity contribution in [3.63, 3.8) is 0 Å². The highest BCUT2D eigenvalue weighted by Gasteiger charge is 2.28. The van der Waals surface area contributed by atoms with Crippen molar-refractivity contribution in [3.05, 3.63) is 64.2 Å². The summed E-state index contributed by atoms with van der Waals surface area (Å²) in [6.07, 6.45) is 2.02. The molecule has 0 heterocycles. The van der Waals surface area contributed by atoms with Gasteiger partial charge in [-0.3, -0.25) is 13.9 Å². The molecule has 1 N–H and O–H groups in total. The molecule has 0 aliphatic carbocycles. The van der Waals surface area contributed by atoms with Crippen LogP contribution < -0.4 is 9.62 Å². The number of sulfonamides is 1. The average molecular weight is 522 g/mol. The highest BCUT2D eigenvalue weighted by atomic mass is 35.5. The highest BCUT2D eigenvalue weighted by molar-refractivity contribution is 7.92. The summed E-state index contributed by atoms with van der Waals surface area (Å²) in [6.45, 7) is 8.38. The first-order chi connectivity index (χ1) is 16.5. The van der Waals surface area contributed by atoms with Gasteiger partial charge in [0, 0.05) is 31.1 Å². The smallest absolute Gasteiger partial charge is 0.242 e. The minimum absolute atomic E-state index is 0.105. The Hall–Kier alpha value is -2.58. The van der Waals surface area contributed by atoms with Crippen molar-refractivity contribution in [2.24, 2.45) is 0 Å². The first-order valence-corrected chi connectivity index (χ1v) is 14.1. The lowest BCUT2D eigenvalue weighted by Crippen LogP contribution is -2.49. The van der Waals surface area contributed by atoms with Gasteiger partial charge in [-0.1, -0.05) is 54.4 Å². The van der Waals surface area contributed by atoms with Crippen LogP contribution in [-0.4, -0.2) is 50.5 Å². The molecular formula is C26H36ClN3O4S. The lowest BCUT2D eigenvalue weighted by atomic mass is 10.1. The van der Waals surface area contributed by atoms with E-state index >= 15 is 0 Å². The van der Waals surface area contributed by atoms with E-state index in [0.29, 0.717) is 42.2 Å². The van der Waals surface area contributed by atoms with E-state index in [1.54, 1.807) is 30.0 Å². The van der Waals surface area contributed by atoms with Gasteiger partial charge >= 0.3 is 0 Å². The lowest BCUT2D eigenvalue weighted by molar-refractivity contribution is -0.141. The fourth-order valence-corrected chi connectivity index (χ4v) is 5.25. The van der Waals surface area contributed by atoms with Crippen molar-refractivity contribution in [2.45, 2.75) is 59.5 Å². The van der Waals surface area contributed by atoms with Gasteiger partial charge < -0.3 is 10.2 Å². The molecule has 192 valence electrons. The summed E-state index contributed by atoms with van der Waals surface area (Å²) in [6, 6.07) is 12.4. The Morgan fingerprint density at radius 2 is 1.77 bits per heavy atom. The van der Waals surface area contributed by atoms with Gasteiger partial charge in [-0.15, -0.1) is 0 Å². The van der Waals surface area contributed by atoms with Crippen LogP contribution in [0.4, 0.5) is 5.69 Å². The number of rotatable bonds is 12. The minimum atomic E-state index is -3.58. The van der Waals surface area contributed by atoms with E-state index in [4.69, 9.17) is 11.6 Å². The Morgan fingerprint density at radius 1 is 1.09 bits per heavy atom. The van der Waals surface area contributed by atoms with E-state index in [9.17, 15) is 18.0 Å². The zero-order valence-corrected chi connectivity index (χ0v) is 22.7. The molecule has 9 heteroatoms. The quantitative estimate of drug-likeness (QED) is 0.447. The molecule has 0 aliphatic rings. The molecule has 2 aromatic rings. The van der Waals surface area contributed by atoms with Crippen LogP contribution in [0.3, 0.4) is 0 Å². The maximum absolute atomic E-state index is 13.4. The molecule has 35 heavy (non-hydrogen) atoms. The predicted molar refractivity (Wildman–Crippen MR) is 142 cm³/mol. The Labute approximate surface area is 214 Å². The van der Waals surface area contributed by atoms with Gasteiger partial charge in [-0.2, -0.15) is 0 Å². The first-order valence-electron chi connectivity index (χ1n) is 11.8. The molecule has 7 nitrogen and oxygen atoms in total. The number of likely N-dealkylation sites (N-methyl/N-ethyl adjacent to an activating group) is 1. The molecule has 0 saturated carbocycles. The molecular weight excluding hydrogens is 486 g/mol. The second kappa shape index (κ2) is 12.9. The van der Waals surface area contributed by atoms with Gasteiger partial charge in [0.05, 0.1) is 11.9 Å². The number of aryl methyl sites for hydroxylation is 1. The number of benzene rings is 2. The second-order valence-electron chi connectivity index (χ2n) is 8.65.